The van der Waals surface area contributed by atoms with E-state index in [0.29, 0.717) is 0 Å². The molecule has 21 nitrogen and oxygen atoms in total. The molecule has 0 aliphatic carbocycles. The lowest BCUT2D eigenvalue weighted by Crippen LogP contribution is -2.34. The minimum Gasteiger partial charge on any atom is -0.790 e. The van der Waals surface area contributed by atoms with Gasteiger partial charge >= 0.3 is 0 Å². The zero-order valence-electron chi connectivity index (χ0n) is 16.4. The van der Waals surface area contributed by atoms with E-state index in [1.165, 1.54) is 0 Å². The predicted molar refractivity (Wildman–Crippen MR) is 95.3 cm³/mol. The van der Waals surface area contributed by atoms with Crippen LogP contribution in [0.4, 0.5) is 5.82 Å². The van der Waals surface area contributed by atoms with Gasteiger partial charge in [0.2, 0.25) is 0 Å². The SMILES string of the molecule is Nc1ncnc2c1ncn2[C@@H]1O[C@H](COP(=O)([O-])OP(=O)([O-])OP(=O)([O-])OP(=O)([O-])[O-])[C@@H](O)[C@H]1O. The standard InChI is InChI=1S/C10H17N5O16P4/c11-8-5-9(13-2-12-8)15(3-14-5)10-7(17)6(16)4(28-10)1-27-33(21,22)30-35(25,26)31-34(23,24)29-32(18,19)20/h2-4,6-7,10,16-17H,1H2,(H,21,22)(H,23,24)(H,25,26)(H2,11,12,13)(H2,18,19,20)/p-5/t4-,6-,7-,10-/m1/s1. The van der Waals surface area contributed by atoms with Crippen LogP contribution in [0.15, 0.2) is 12.7 Å². The molecule has 0 spiro atoms. The summed E-state index contributed by atoms with van der Waals surface area (Å²) in [6.07, 6.45) is -4.37. The molecule has 1 saturated heterocycles. The number of nitrogens with two attached hydrogens (primary N) is 1. The van der Waals surface area contributed by atoms with Crippen LogP contribution < -0.4 is 30.2 Å². The van der Waals surface area contributed by atoms with Crippen molar-refractivity contribution in [1.82, 2.24) is 19.5 Å². The van der Waals surface area contributed by atoms with Crippen LogP contribution in [0.5, 0.6) is 0 Å². The van der Waals surface area contributed by atoms with Gasteiger partial charge in [0.15, 0.2) is 17.7 Å². The van der Waals surface area contributed by atoms with E-state index in [-0.39, 0.29) is 17.0 Å². The fraction of sp³-hybridized carbons (Fsp3) is 0.500. The number of hydrogen-bond acceptors (Lipinski definition) is 20. The van der Waals surface area contributed by atoms with Crippen LogP contribution in [0.2, 0.25) is 0 Å². The smallest absolute Gasteiger partial charge is 0.280 e. The number of hydrogen-bond donors (Lipinski definition) is 3. The Morgan fingerprint density at radius 2 is 1.54 bits per heavy atom. The lowest BCUT2D eigenvalue weighted by atomic mass is 10.1. The minimum absolute atomic E-state index is 0.0169. The highest BCUT2D eigenvalue weighted by Gasteiger charge is 2.45. The van der Waals surface area contributed by atoms with Crippen molar-refractivity contribution < 1.29 is 75.1 Å². The van der Waals surface area contributed by atoms with Crippen LogP contribution in [0, 0.1) is 0 Å². The second-order valence-corrected chi connectivity index (χ2v) is 12.3. The van der Waals surface area contributed by atoms with Gasteiger partial charge in [-0.15, -0.1) is 0 Å². The summed E-state index contributed by atoms with van der Waals surface area (Å²) < 4.78 is 64.7. The van der Waals surface area contributed by atoms with E-state index in [9.17, 15) is 52.9 Å². The summed E-state index contributed by atoms with van der Waals surface area (Å²) in [6, 6.07) is 0. The number of fused-ring (bicyclic) bond motifs is 1. The van der Waals surface area contributed by atoms with Gasteiger partial charge in [-0.3, -0.25) is 22.6 Å². The van der Waals surface area contributed by atoms with Gasteiger partial charge in [-0.2, -0.15) is 0 Å². The zero-order chi connectivity index (χ0) is 26.4. The molecule has 0 saturated carbocycles. The molecule has 0 aromatic carbocycles. The number of phosphoric acid groups is 4. The van der Waals surface area contributed by atoms with Gasteiger partial charge in [0.05, 0.1) is 20.8 Å². The van der Waals surface area contributed by atoms with Crippen molar-refractivity contribution in [3.8, 4) is 0 Å². The maximum atomic E-state index is 11.8. The molecule has 2 aromatic heterocycles. The van der Waals surface area contributed by atoms with Gasteiger partial charge < -0.3 is 54.2 Å². The van der Waals surface area contributed by atoms with Gasteiger partial charge in [0.25, 0.3) is 23.5 Å². The number of ether oxygens (including phenoxy) is 1. The number of phosphoric ester groups is 1. The lowest BCUT2D eigenvalue weighted by molar-refractivity contribution is -0.339. The Balaban J connectivity index is 1.65. The van der Waals surface area contributed by atoms with Crippen LogP contribution in [-0.2, 0) is 40.5 Å². The number of aliphatic hydroxyl groups excluding tert-OH is 2. The third kappa shape index (κ3) is 7.18. The highest BCUT2D eigenvalue weighted by Crippen LogP contribution is 2.65. The van der Waals surface area contributed by atoms with E-state index in [4.69, 9.17) is 10.5 Å². The zero-order valence-corrected chi connectivity index (χ0v) is 20.0. The molecule has 0 radical (unpaired) electrons. The number of nitrogen functional groups attached to an aromatic ring is 1. The minimum atomic E-state index is -6.44. The fourth-order valence-electron chi connectivity index (χ4n) is 2.74. The Hall–Kier alpha value is -1.21. The molecule has 1 aliphatic heterocycles. The maximum absolute atomic E-state index is 11.8. The molecule has 35 heavy (non-hydrogen) atoms. The third-order valence-electron chi connectivity index (χ3n) is 4.00. The average Bonchev–Trinajstić information content (AvgIpc) is 3.19. The summed E-state index contributed by atoms with van der Waals surface area (Å²) in [5, 5.41) is 20.4. The quantitative estimate of drug-likeness (QED) is 0.222. The number of aromatic nitrogens is 4. The summed E-state index contributed by atoms with van der Waals surface area (Å²) in [6.45, 7) is -1.18. The van der Waals surface area contributed by atoms with Gasteiger partial charge in [-0.1, -0.05) is 0 Å². The second-order valence-electron chi connectivity index (χ2n) is 6.46. The molecule has 4 N–H and O–H groups in total. The summed E-state index contributed by atoms with van der Waals surface area (Å²) in [4.78, 5) is 66.4. The molecule has 3 unspecified atom stereocenters. The van der Waals surface area contributed by atoms with Gasteiger partial charge in [0, 0.05) is 0 Å². The predicted octanol–water partition coefficient (Wildman–Crippen LogP) is -4.67. The number of nitrogens with zero attached hydrogens (tertiary/aromatic N) is 4. The van der Waals surface area contributed by atoms with E-state index < -0.39 is 62.4 Å². The molecule has 0 bridgehead atoms. The number of rotatable bonds is 10. The molecule has 1 fully saturated rings. The molecular weight excluding hydrogens is 570 g/mol. The first-order valence-electron chi connectivity index (χ1n) is 8.58. The van der Waals surface area contributed by atoms with Gasteiger partial charge in [0.1, 0.15) is 30.2 Å². The van der Waals surface area contributed by atoms with Crippen molar-refractivity contribution in [3.63, 3.8) is 0 Å². The normalized spacial score (nSPS) is 28.4. The van der Waals surface area contributed by atoms with Crippen molar-refractivity contribution >= 4 is 48.3 Å². The Labute approximate surface area is 193 Å². The summed E-state index contributed by atoms with van der Waals surface area (Å²) in [7, 11) is -25.1. The molecule has 7 atom stereocenters. The molecule has 198 valence electrons. The molecule has 3 rings (SSSR count). The van der Waals surface area contributed by atoms with E-state index in [1.54, 1.807) is 0 Å². The molecule has 1 aliphatic rings. The van der Waals surface area contributed by atoms with Crippen LogP contribution in [0.3, 0.4) is 0 Å². The van der Waals surface area contributed by atoms with Crippen LogP contribution in [-0.4, -0.2) is 54.7 Å². The largest absolute Gasteiger partial charge is 0.790 e. The van der Waals surface area contributed by atoms with E-state index >= 15 is 0 Å². The highest BCUT2D eigenvalue weighted by atomic mass is 31.3. The third-order valence-corrected chi connectivity index (χ3v) is 9.26. The number of anilines is 1. The Morgan fingerprint density at radius 3 is 2.17 bits per heavy atom. The number of aliphatic hydroxyl groups is 2. The first-order chi connectivity index (χ1) is 15.9. The summed E-state index contributed by atoms with van der Waals surface area (Å²) in [5.41, 5.74) is 5.83. The van der Waals surface area contributed by atoms with Crippen molar-refractivity contribution in [1.29, 1.82) is 0 Å². The fourth-order valence-corrected chi connectivity index (χ4v) is 6.97. The monoisotopic (exact) mass is 582 g/mol. The molecule has 3 heterocycles. The molecular formula is C10H12N5O16P4-5. The van der Waals surface area contributed by atoms with Crippen LogP contribution >= 0.6 is 31.3 Å². The Kier molecular flexibility index (Phi) is 8.04. The topological polar surface area (TPSA) is 340 Å². The van der Waals surface area contributed by atoms with E-state index in [1.807, 2.05) is 0 Å². The Morgan fingerprint density at radius 1 is 0.943 bits per heavy atom. The van der Waals surface area contributed by atoms with Crippen molar-refractivity contribution in [3.05, 3.63) is 12.7 Å². The van der Waals surface area contributed by atoms with Crippen LogP contribution in [0.25, 0.3) is 11.2 Å². The van der Waals surface area contributed by atoms with Crippen molar-refractivity contribution in [2.75, 3.05) is 12.3 Å². The molecule has 25 heteroatoms. The van der Waals surface area contributed by atoms with Gasteiger partial charge in [-0.25, -0.2) is 23.6 Å². The first-order valence-corrected chi connectivity index (χ1v) is 14.4. The summed E-state index contributed by atoms with van der Waals surface area (Å²) >= 11 is 0. The molecule has 2 aromatic rings. The lowest BCUT2D eigenvalue weighted by Gasteiger charge is -2.38. The maximum Gasteiger partial charge on any atom is 0.280 e. The van der Waals surface area contributed by atoms with Gasteiger partial charge in [-0.05, 0) is 0 Å². The summed E-state index contributed by atoms with van der Waals surface area (Å²) in [5.74, 6) is -0.0169. The number of imidazole rings is 1. The molecule has 0 amide bonds. The second kappa shape index (κ2) is 9.92. The highest BCUT2D eigenvalue weighted by molar-refractivity contribution is 7.68. The Bertz CT molecular complexity index is 1280. The van der Waals surface area contributed by atoms with E-state index in [0.717, 1.165) is 17.2 Å². The van der Waals surface area contributed by atoms with E-state index in [2.05, 4.69) is 32.4 Å². The van der Waals surface area contributed by atoms with Crippen molar-refractivity contribution in [2.45, 2.75) is 24.5 Å². The van der Waals surface area contributed by atoms with Crippen LogP contribution in [0.1, 0.15) is 6.23 Å². The van der Waals surface area contributed by atoms with Crippen molar-refractivity contribution in [2.24, 2.45) is 0 Å². The average molecular weight is 582 g/mol. The first kappa shape index (κ1) is 28.4.